The minimum Gasteiger partial charge on any atom is -0.326 e. The molecule has 32 heavy (non-hydrogen) atoms. The van der Waals surface area contributed by atoms with Crippen LogP contribution in [0.3, 0.4) is 0 Å². The Bertz CT molecular complexity index is 1230. The molecule has 1 aliphatic heterocycles. The number of carbonyl (C=O) groups excluding carboxylic acids is 2. The molecule has 1 aliphatic rings. The molecule has 164 valence electrons. The van der Waals surface area contributed by atoms with Gasteiger partial charge in [0.15, 0.2) is 0 Å². The molecule has 2 heterocycles. The highest BCUT2D eigenvalue weighted by Gasteiger charge is 2.36. The number of fused-ring (bicyclic) bond motifs is 1. The number of rotatable bonds is 6. The predicted octanol–water partition coefficient (Wildman–Crippen LogP) is 4.16. The quantitative estimate of drug-likeness (QED) is 0.447. The molecule has 1 atom stereocenters. The number of nitro benzene ring substituents is 1. The van der Waals surface area contributed by atoms with Crippen LogP contribution in [-0.4, -0.2) is 26.5 Å². The van der Waals surface area contributed by atoms with Crippen LogP contribution >= 0.6 is 0 Å². The molecule has 4 rings (SSSR count). The van der Waals surface area contributed by atoms with Gasteiger partial charge in [-0.3, -0.25) is 19.7 Å². The van der Waals surface area contributed by atoms with Crippen molar-refractivity contribution in [3.05, 3.63) is 69.4 Å². The van der Waals surface area contributed by atoms with Crippen LogP contribution in [0, 0.1) is 24.0 Å². The Kier molecular flexibility index (Phi) is 5.48. The number of nitrogens with zero attached hydrogens (tertiary/aromatic N) is 3. The number of anilines is 2. The van der Waals surface area contributed by atoms with E-state index in [2.05, 4.69) is 15.7 Å². The summed E-state index contributed by atoms with van der Waals surface area (Å²) < 4.78 is 1.58. The first kappa shape index (κ1) is 21.2. The highest BCUT2D eigenvalue weighted by molar-refractivity contribution is 6.04. The average Bonchev–Trinajstić information content (AvgIpc) is 3.25. The molecule has 2 N–H and O–H groups in total. The van der Waals surface area contributed by atoms with E-state index >= 15 is 0 Å². The van der Waals surface area contributed by atoms with Gasteiger partial charge in [-0.1, -0.05) is 42.8 Å². The summed E-state index contributed by atoms with van der Waals surface area (Å²) >= 11 is 0. The summed E-state index contributed by atoms with van der Waals surface area (Å²) in [5.41, 5.74) is 4.50. The molecule has 2 aromatic carbocycles. The minimum atomic E-state index is -0.796. The first-order valence-corrected chi connectivity index (χ1v) is 10.3. The maximum atomic E-state index is 12.7. The third-order valence-electron chi connectivity index (χ3n) is 5.57. The van der Waals surface area contributed by atoms with E-state index in [1.54, 1.807) is 23.7 Å². The van der Waals surface area contributed by atoms with Crippen LogP contribution in [0.25, 0.3) is 11.1 Å². The molecule has 3 aromatic rings. The van der Waals surface area contributed by atoms with Crippen LogP contribution in [0.4, 0.5) is 17.2 Å². The lowest BCUT2D eigenvalue weighted by Gasteiger charge is -2.10. The van der Waals surface area contributed by atoms with E-state index in [0.29, 0.717) is 23.5 Å². The fraction of sp³-hybridized carbons (Fsp3) is 0.261. The lowest BCUT2D eigenvalue weighted by atomic mass is 10.0. The first-order valence-electron chi connectivity index (χ1n) is 10.3. The minimum absolute atomic E-state index is 0.0777. The van der Waals surface area contributed by atoms with Crippen molar-refractivity contribution >= 4 is 29.0 Å². The second kappa shape index (κ2) is 8.26. The Morgan fingerprint density at radius 3 is 2.59 bits per heavy atom. The molecule has 0 saturated carbocycles. The maximum Gasteiger partial charge on any atom is 0.274 e. The van der Waals surface area contributed by atoms with Crippen LogP contribution in [-0.2, 0) is 16.0 Å². The second-order valence-corrected chi connectivity index (χ2v) is 7.85. The number of aryl methyl sites for hydroxylation is 3. The lowest BCUT2D eigenvalue weighted by molar-refractivity contribution is -0.385. The molecule has 0 fully saturated rings. The van der Waals surface area contributed by atoms with E-state index in [1.165, 1.54) is 6.07 Å². The summed E-state index contributed by atoms with van der Waals surface area (Å²) in [7, 11) is 0. The van der Waals surface area contributed by atoms with Crippen molar-refractivity contribution in [2.75, 3.05) is 10.6 Å². The van der Waals surface area contributed by atoms with Gasteiger partial charge in [-0.05, 0) is 31.9 Å². The number of hydrogen-bond donors (Lipinski definition) is 2. The van der Waals surface area contributed by atoms with Gasteiger partial charge in [-0.2, -0.15) is 5.10 Å². The fourth-order valence-corrected chi connectivity index (χ4v) is 3.86. The highest BCUT2D eigenvalue weighted by atomic mass is 16.6. The Labute approximate surface area is 184 Å². The standard InChI is InChI=1S/C23H23N5O4/c1-4-17-21(15-8-5-13(2)6-9-15)22-25-23(30)19(27(22)26-17)12-20(29)24-16-10-7-14(3)18(11-16)28(31)32/h5-11,19H,4,12H2,1-3H3,(H,24,29)(H,25,30). The van der Waals surface area contributed by atoms with Crippen molar-refractivity contribution in [2.24, 2.45) is 0 Å². The number of nitrogens with one attached hydrogen (secondary N) is 2. The maximum absolute atomic E-state index is 12.7. The van der Waals surface area contributed by atoms with Crippen LogP contribution < -0.4 is 10.6 Å². The molecule has 1 unspecified atom stereocenters. The van der Waals surface area contributed by atoms with Crippen LogP contribution in [0.1, 0.15) is 36.2 Å². The third kappa shape index (κ3) is 3.84. The van der Waals surface area contributed by atoms with Gasteiger partial charge >= 0.3 is 0 Å². The molecule has 0 aliphatic carbocycles. The van der Waals surface area contributed by atoms with Gasteiger partial charge in [-0.15, -0.1) is 0 Å². The monoisotopic (exact) mass is 433 g/mol. The van der Waals surface area contributed by atoms with Gasteiger partial charge in [0.2, 0.25) is 5.91 Å². The Morgan fingerprint density at radius 1 is 1.22 bits per heavy atom. The summed E-state index contributed by atoms with van der Waals surface area (Å²) in [6.45, 7) is 5.62. The number of hydrogen-bond acceptors (Lipinski definition) is 5. The zero-order valence-electron chi connectivity index (χ0n) is 18.0. The number of aromatic nitrogens is 2. The first-order chi connectivity index (χ1) is 15.3. The third-order valence-corrected chi connectivity index (χ3v) is 5.57. The second-order valence-electron chi connectivity index (χ2n) is 7.85. The lowest BCUT2D eigenvalue weighted by Crippen LogP contribution is -2.24. The summed E-state index contributed by atoms with van der Waals surface area (Å²) in [6, 6.07) is 11.7. The van der Waals surface area contributed by atoms with Crippen molar-refractivity contribution < 1.29 is 14.5 Å². The molecule has 0 radical (unpaired) electrons. The molecule has 9 nitrogen and oxygen atoms in total. The van der Waals surface area contributed by atoms with E-state index < -0.39 is 16.9 Å². The molecule has 2 amide bonds. The largest absolute Gasteiger partial charge is 0.326 e. The zero-order valence-corrected chi connectivity index (χ0v) is 18.0. The van der Waals surface area contributed by atoms with E-state index in [1.807, 2.05) is 38.1 Å². The van der Waals surface area contributed by atoms with Gasteiger partial charge in [0.25, 0.3) is 11.6 Å². The normalized spacial score (nSPS) is 14.7. The summed E-state index contributed by atoms with van der Waals surface area (Å²) in [4.78, 5) is 36.0. The van der Waals surface area contributed by atoms with Crippen molar-refractivity contribution in [1.82, 2.24) is 9.78 Å². The Balaban J connectivity index is 1.59. The Hall–Kier alpha value is -4.01. The van der Waals surface area contributed by atoms with Gasteiger partial charge < -0.3 is 10.6 Å². The molecular formula is C23H23N5O4. The van der Waals surface area contributed by atoms with Crippen LogP contribution in [0.15, 0.2) is 42.5 Å². The SMILES string of the molecule is CCc1nn2c(c1-c1ccc(C)cc1)NC(=O)C2CC(=O)Nc1ccc(C)c([N+](=O)[O-])c1. The molecule has 1 aromatic heterocycles. The van der Waals surface area contributed by atoms with E-state index in [9.17, 15) is 19.7 Å². The van der Waals surface area contributed by atoms with Gasteiger partial charge in [0, 0.05) is 22.9 Å². The molecule has 0 spiro atoms. The summed E-state index contributed by atoms with van der Waals surface area (Å²) in [6.07, 6.45) is 0.531. The molecule has 9 heteroatoms. The zero-order chi connectivity index (χ0) is 23.0. The number of carbonyl (C=O) groups is 2. The van der Waals surface area contributed by atoms with Gasteiger partial charge in [0.05, 0.1) is 17.0 Å². The van der Waals surface area contributed by atoms with Crippen LogP contribution in [0.5, 0.6) is 0 Å². The average molecular weight is 433 g/mol. The van der Waals surface area contributed by atoms with Crippen molar-refractivity contribution in [3.8, 4) is 11.1 Å². The van der Waals surface area contributed by atoms with E-state index in [4.69, 9.17) is 0 Å². The van der Waals surface area contributed by atoms with Gasteiger partial charge in [0.1, 0.15) is 11.9 Å². The molecular weight excluding hydrogens is 410 g/mol. The van der Waals surface area contributed by atoms with E-state index in [-0.39, 0.29) is 18.0 Å². The summed E-state index contributed by atoms with van der Waals surface area (Å²) in [5, 5.41) is 21.3. The van der Waals surface area contributed by atoms with Crippen molar-refractivity contribution in [2.45, 2.75) is 39.7 Å². The van der Waals surface area contributed by atoms with Crippen molar-refractivity contribution in [1.29, 1.82) is 0 Å². The highest BCUT2D eigenvalue weighted by Crippen LogP contribution is 2.39. The molecule has 0 saturated heterocycles. The molecule has 0 bridgehead atoms. The Morgan fingerprint density at radius 2 is 1.94 bits per heavy atom. The predicted molar refractivity (Wildman–Crippen MR) is 121 cm³/mol. The van der Waals surface area contributed by atoms with Crippen molar-refractivity contribution in [3.63, 3.8) is 0 Å². The number of amides is 2. The van der Waals surface area contributed by atoms with E-state index in [0.717, 1.165) is 22.4 Å². The smallest absolute Gasteiger partial charge is 0.274 e. The summed E-state index contributed by atoms with van der Waals surface area (Å²) in [5.74, 6) is -0.158. The number of benzene rings is 2. The number of nitro groups is 1. The fourth-order valence-electron chi connectivity index (χ4n) is 3.86. The van der Waals surface area contributed by atoms with Crippen LogP contribution in [0.2, 0.25) is 0 Å². The van der Waals surface area contributed by atoms with Gasteiger partial charge in [-0.25, -0.2) is 4.68 Å². The topological polar surface area (TPSA) is 119 Å².